The Bertz CT molecular complexity index is 995. The van der Waals surface area contributed by atoms with Crippen LogP contribution in [0.3, 0.4) is 0 Å². The van der Waals surface area contributed by atoms with E-state index in [2.05, 4.69) is 11.4 Å². The molecule has 1 amide bonds. The molecule has 0 spiro atoms. The van der Waals surface area contributed by atoms with Crippen molar-refractivity contribution in [3.8, 4) is 0 Å². The number of para-hydroxylation sites is 1. The maximum Gasteiger partial charge on any atom is 0.264 e. The summed E-state index contributed by atoms with van der Waals surface area (Å²) in [5.41, 5.74) is 3.09. The van der Waals surface area contributed by atoms with Crippen LogP contribution in [0.1, 0.15) is 48.0 Å². The number of carbonyl (C=O) groups is 1. The van der Waals surface area contributed by atoms with Crippen LogP contribution >= 0.6 is 0 Å². The standard InChI is InChI=1S/C23H28N2O3S/c1-18-12-14-20(15-13-18)29(27,28)25(2)22-11-7-6-10-21(22)23(26)24-17-16-19-8-4-3-5-9-19/h6-8,10-15H,3-5,9,16-17H2,1-2H3,(H,24,26). The highest BCUT2D eigenvalue weighted by Gasteiger charge is 2.24. The SMILES string of the molecule is Cc1ccc(S(=O)(=O)N(C)c2ccccc2C(=O)NCCC2=CCCCC2)cc1. The summed E-state index contributed by atoms with van der Waals surface area (Å²) in [6, 6.07) is 13.5. The molecular weight excluding hydrogens is 384 g/mol. The van der Waals surface area contributed by atoms with Crippen LogP contribution in [0.5, 0.6) is 0 Å². The van der Waals surface area contributed by atoms with E-state index in [-0.39, 0.29) is 10.8 Å². The molecule has 3 rings (SSSR count). The van der Waals surface area contributed by atoms with Crippen molar-refractivity contribution in [2.45, 2.75) is 43.9 Å². The summed E-state index contributed by atoms with van der Waals surface area (Å²) >= 11 is 0. The van der Waals surface area contributed by atoms with Crippen LogP contribution in [-0.2, 0) is 10.0 Å². The van der Waals surface area contributed by atoms with E-state index in [1.54, 1.807) is 48.5 Å². The molecule has 0 saturated heterocycles. The number of sulfonamides is 1. The fourth-order valence-electron chi connectivity index (χ4n) is 3.50. The minimum atomic E-state index is -3.76. The van der Waals surface area contributed by atoms with E-state index in [9.17, 15) is 13.2 Å². The summed E-state index contributed by atoms with van der Waals surface area (Å²) in [6.07, 6.45) is 7.78. The summed E-state index contributed by atoms with van der Waals surface area (Å²) in [5.74, 6) is -0.261. The van der Waals surface area contributed by atoms with Crippen molar-refractivity contribution in [1.29, 1.82) is 0 Å². The molecular formula is C23H28N2O3S. The van der Waals surface area contributed by atoms with Gasteiger partial charge in [0, 0.05) is 13.6 Å². The Hall–Kier alpha value is -2.60. The van der Waals surface area contributed by atoms with Gasteiger partial charge in [0.05, 0.1) is 16.1 Å². The molecule has 1 aliphatic rings. The Morgan fingerprint density at radius 2 is 1.79 bits per heavy atom. The second-order valence-electron chi connectivity index (χ2n) is 7.42. The van der Waals surface area contributed by atoms with Crippen LogP contribution in [0, 0.1) is 6.92 Å². The molecule has 1 N–H and O–H groups in total. The smallest absolute Gasteiger partial charge is 0.264 e. The van der Waals surface area contributed by atoms with Gasteiger partial charge in [-0.3, -0.25) is 9.10 Å². The number of anilines is 1. The number of hydrogen-bond acceptors (Lipinski definition) is 3. The third-order valence-corrected chi connectivity index (χ3v) is 7.07. The first kappa shape index (κ1) is 21.1. The summed E-state index contributed by atoms with van der Waals surface area (Å²) in [7, 11) is -2.28. The number of amides is 1. The summed E-state index contributed by atoms with van der Waals surface area (Å²) < 4.78 is 27.2. The number of carbonyl (C=O) groups excluding carboxylic acids is 1. The van der Waals surface area contributed by atoms with Crippen LogP contribution in [0.25, 0.3) is 0 Å². The van der Waals surface area contributed by atoms with Gasteiger partial charge in [-0.1, -0.05) is 41.5 Å². The number of nitrogens with zero attached hydrogens (tertiary/aromatic N) is 1. The molecule has 0 unspecified atom stereocenters. The van der Waals surface area contributed by atoms with Gasteiger partial charge >= 0.3 is 0 Å². The molecule has 2 aromatic carbocycles. The van der Waals surface area contributed by atoms with Crippen LogP contribution < -0.4 is 9.62 Å². The van der Waals surface area contributed by atoms with E-state index in [0.29, 0.717) is 17.8 Å². The monoisotopic (exact) mass is 412 g/mol. The number of allylic oxidation sites excluding steroid dienone is 1. The number of benzene rings is 2. The molecule has 0 radical (unpaired) electrons. The van der Waals surface area contributed by atoms with Crippen LogP contribution in [0.15, 0.2) is 65.1 Å². The van der Waals surface area contributed by atoms with E-state index in [1.165, 1.54) is 29.8 Å². The first-order chi connectivity index (χ1) is 13.9. The molecule has 1 aliphatic carbocycles. The second kappa shape index (κ2) is 9.27. The molecule has 0 bridgehead atoms. The Morgan fingerprint density at radius 1 is 1.07 bits per heavy atom. The first-order valence-corrected chi connectivity index (χ1v) is 11.4. The highest BCUT2D eigenvalue weighted by atomic mass is 32.2. The van der Waals surface area contributed by atoms with E-state index in [4.69, 9.17) is 0 Å². The lowest BCUT2D eigenvalue weighted by molar-refractivity contribution is 0.0954. The fourth-order valence-corrected chi connectivity index (χ4v) is 4.72. The van der Waals surface area contributed by atoms with Crippen molar-refractivity contribution in [3.05, 3.63) is 71.3 Å². The minimum absolute atomic E-state index is 0.199. The molecule has 0 aliphatic heterocycles. The maximum absolute atomic E-state index is 13.0. The van der Waals surface area contributed by atoms with Gasteiger partial charge in [-0.05, 0) is 63.3 Å². The summed E-state index contributed by atoms with van der Waals surface area (Å²) in [4.78, 5) is 13.0. The molecule has 0 fully saturated rings. The molecule has 6 heteroatoms. The molecule has 0 heterocycles. The van der Waals surface area contributed by atoms with Crippen LogP contribution in [0.2, 0.25) is 0 Å². The third kappa shape index (κ3) is 5.07. The number of hydrogen-bond donors (Lipinski definition) is 1. The maximum atomic E-state index is 13.0. The number of aryl methyl sites for hydroxylation is 1. The Kier molecular flexibility index (Phi) is 6.75. The Morgan fingerprint density at radius 3 is 2.48 bits per heavy atom. The normalized spacial score (nSPS) is 14.2. The van der Waals surface area contributed by atoms with Crippen molar-refractivity contribution in [2.24, 2.45) is 0 Å². The average molecular weight is 413 g/mol. The quantitative estimate of drug-likeness (QED) is 0.684. The Balaban J connectivity index is 1.76. The fraction of sp³-hybridized carbons (Fsp3) is 0.348. The van der Waals surface area contributed by atoms with Crippen molar-refractivity contribution in [1.82, 2.24) is 5.32 Å². The number of nitrogens with one attached hydrogen (secondary N) is 1. The summed E-state index contributed by atoms with van der Waals surface area (Å²) in [6.45, 7) is 2.45. The molecule has 5 nitrogen and oxygen atoms in total. The molecule has 2 aromatic rings. The van der Waals surface area contributed by atoms with E-state index < -0.39 is 10.0 Å². The van der Waals surface area contributed by atoms with Crippen molar-refractivity contribution < 1.29 is 13.2 Å². The van der Waals surface area contributed by atoms with Crippen molar-refractivity contribution >= 4 is 21.6 Å². The van der Waals surface area contributed by atoms with Crippen LogP contribution in [0.4, 0.5) is 5.69 Å². The predicted octanol–water partition coefficient (Wildman–Crippen LogP) is 4.44. The lowest BCUT2D eigenvalue weighted by Gasteiger charge is -2.22. The topological polar surface area (TPSA) is 66.5 Å². The predicted molar refractivity (Wildman–Crippen MR) is 117 cm³/mol. The van der Waals surface area contributed by atoms with Gasteiger partial charge in [-0.2, -0.15) is 0 Å². The minimum Gasteiger partial charge on any atom is -0.352 e. The highest BCUT2D eigenvalue weighted by Crippen LogP contribution is 2.26. The first-order valence-electron chi connectivity index (χ1n) is 10.0. The van der Waals surface area contributed by atoms with Crippen molar-refractivity contribution in [3.63, 3.8) is 0 Å². The van der Waals surface area contributed by atoms with E-state index in [0.717, 1.165) is 24.8 Å². The Labute approximate surface area is 173 Å². The molecule has 0 atom stereocenters. The largest absolute Gasteiger partial charge is 0.352 e. The van der Waals surface area contributed by atoms with Gasteiger partial charge < -0.3 is 5.32 Å². The van der Waals surface area contributed by atoms with Crippen molar-refractivity contribution in [2.75, 3.05) is 17.9 Å². The molecule has 154 valence electrons. The average Bonchev–Trinajstić information content (AvgIpc) is 2.74. The van der Waals surface area contributed by atoms with Gasteiger partial charge in [0.1, 0.15) is 0 Å². The van der Waals surface area contributed by atoms with Gasteiger partial charge in [0.15, 0.2) is 0 Å². The molecule has 0 saturated carbocycles. The van der Waals surface area contributed by atoms with Gasteiger partial charge in [0.2, 0.25) is 0 Å². The number of rotatable bonds is 7. The molecule has 29 heavy (non-hydrogen) atoms. The lowest BCUT2D eigenvalue weighted by Crippen LogP contribution is -2.31. The third-order valence-electron chi connectivity index (χ3n) is 5.28. The summed E-state index contributed by atoms with van der Waals surface area (Å²) in [5, 5.41) is 2.94. The van der Waals surface area contributed by atoms with Crippen LogP contribution in [-0.4, -0.2) is 27.9 Å². The van der Waals surface area contributed by atoms with E-state index >= 15 is 0 Å². The van der Waals surface area contributed by atoms with Gasteiger partial charge in [-0.25, -0.2) is 8.42 Å². The zero-order valence-corrected chi connectivity index (χ0v) is 17.8. The highest BCUT2D eigenvalue weighted by molar-refractivity contribution is 7.92. The van der Waals surface area contributed by atoms with Gasteiger partial charge in [0.25, 0.3) is 15.9 Å². The molecule has 0 aromatic heterocycles. The second-order valence-corrected chi connectivity index (χ2v) is 9.39. The lowest BCUT2D eigenvalue weighted by atomic mass is 9.97. The zero-order chi connectivity index (χ0) is 20.9. The van der Waals surface area contributed by atoms with E-state index in [1.807, 2.05) is 6.92 Å². The van der Waals surface area contributed by atoms with Gasteiger partial charge in [-0.15, -0.1) is 0 Å². The zero-order valence-electron chi connectivity index (χ0n) is 17.0.